The minimum absolute atomic E-state index is 0.0216. The van der Waals surface area contributed by atoms with Gasteiger partial charge in [-0.2, -0.15) is 13.2 Å². The molecule has 0 aromatic heterocycles. The summed E-state index contributed by atoms with van der Waals surface area (Å²) in [5, 5.41) is 3.18. The Labute approximate surface area is 191 Å². The van der Waals surface area contributed by atoms with Gasteiger partial charge in [0.05, 0.1) is 36.7 Å². The minimum atomic E-state index is -4.57. The fourth-order valence-corrected chi connectivity index (χ4v) is 4.40. The zero-order valence-electron chi connectivity index (χ0n) is 19.0. The molecule has 1 aliphatic heterocycles. The highest BCUT2D eigenvalue weighted by atomic mass is 19.4. The summed E-state index contributed by atoms with van der Waals surface area (Å²) in [6, 6.07) is 4.74. The Hall–Kier alpha value is -2.65. The number of rotatable bonds is 7. The molecule has 1 aliphatic carbocycles. The highest BCUT2D eigenvalue weighted by molar-refractivity contribution is 6.04. The maximum atomic E-state index is 13.5. The van der Waals surface area contributed by atoms with Gasteiger partial charge in [0.1, 0.15) is 0 Å². The molecule has 1 unspecified atom stereocenters. The van der Waals surface area contributed by atoms with E-state index < -0.39 is 23.6 Å². The number of Topliss-reactive ketones (excluding diaryl/α,β-unsaturated/α-hetero) is 1. The molecule has 9 heteroatoms. The predicted molar refractivity (Wildman–Crippen MR) is 116 cm³/mol. The molecule has 1 heterocycles. The third-order valence-corrected chi connectivity index (χ3v) is 5.68. The topological polar surface area (TPSA) is 90.7 Å². The van der Waals surface area contributed by atoms with Crippen LogP contribution < -0.4 is 11.1 Å². The van der Waals surface area contributed by atoms with E-state index in [-0.39, 0.29) is 55.1 Å². The summed E-state index contributed by atoms with van der Waals surface area (Å²) in [4.78, 5) is 26.3. The number of carbonyl (C=O) groups is 2. The highest BCUT2D eigenvalue weighted by Crippen LogP contribution is 2.47. The molecule has 0 fully saturated rings. The van der Waals surface area contributed by atoms with Crippen LogP contribution in [0.1, 0.15) is 50.7 Å². The summed E-state index contributed by atoms with van der Waals surface area (Å²) in [5.41, 5.74) is 5.87. The Morgan fingerprint density at radius 1 is 1.27 bits per heavy atom. The second kappa shape index (κ2) is 9.69. The first kappa shape index (κ1) is 25.0. The quantitative estimate of drug-likeness (QED) is 0.469. The lowest BCUT2D eigenvalue weighted by atomic mass is 9.68. The Morgan fingerprint density at radius 2 is 2.00 bits per heavy atom. The van der Waals surface area contributed by atoms with Crippen LogP contribution >= 0.6 is 0 Å². The summed E-state index contributed by atoms with van der Waals surface area (Å²) < 4.78 is 51.2. The van der Waals surface area contributed by atoms with Gasteiger partial charge in [-0.3, -0.25) is 4.79 Å². The number of alkyl halides is 3. The molecule has 1 aromatic rings. The summed E-state index contributed by atoms with van der Waals surface area (Å²) in [6.07, 6.45) is -3.85. The molecule has 2 aliphatic rings. The van der Waals surface area contributed by atoms with Crippen molar-refractivity contribution in [3.05, 3.63) is 57.9 Å². The Bertz CT molecular complexity index is 996. The first-order valence-electron chi connectivity index (χ1n) is 10.9. The van der Waals surface area contributed by atoms with Gasteiger partial charge in [-0.25, -0.2) is 4.79 Å². The van der Waals surface area contributed by atoms with Crippen LogP contribution in [0, 0.1) is 5.41 Å². The van der Waals surface area contributed by atoms with Crippen LogP contribution in [-0.4, -0.2) is 38.1 Å². The van der Waals surface area contributed by atoms with Crippen LogP contribution in [0.4, 0.5) is 13.2 Å². The average molecular weight is 467 g/mol. The number of ketones is 1. The zero-order chi connectivity index (χ0) is 24.4. The van der Waals surface area contributed by atoms with Crippen molar-refractivity contribution < 1.29 is 32.2 Å². The Kier molecular flexibility index (Phi) is 7.33. The van der Waals surface area contributed by atoms with Gasteiger partial charge in [0.25, 0.3) is 0 Å². The lowest BCUT2D eigenvalue weighted by molar-refractivity contribution is -0.139. The van der Waals surface area contributed by atoms with E-state index in [1.807, 2.05) is 13.8 Å². The summed E-state index contributed by atoms with van der Waals surface area (Å²) in [5.74, 6) is -1.91. The number of hydrogen-bond acceptors (Lipinski definition) is 6. The van der Waals surface area contributed by atoms with E-state index >= 15 is 0 Å². The molecule has 0 bridgehead atoms. The second-order valence-corrected chi connectivity index (χ2v) is 8.97. The average Bonchev–Trinajstić information content (AvgIpc) is 2.71. The number of hydrogen-bond donors (Lipinski definition) is 2. The second-order valence-electron chi connectivity index (χ2n) is 8.97. The van der Waals surface area contributed by atoms with E-state index in [0.717, 1.165) is 12.1 Å². The molecule has 0 saturated carbocycles. The van der Waals surface area contributed by atoms with E-state index in [1.54, 1.807) is 6.92 Å². The summed E-state index contributed by atoms with van der Waals surface area (Å²) in [6.45, 7) is 6.07. The predicted octanol–water partition coefficient (Wildman–Crippen LogP) is 3.83. The van der Waals surface area contributed by atoms with Crippen molar-refractivity contribution in [2.75, 3.05) is 26.4 Å². The van der Waals surface area contributed by atoms with Gasteiger partial charge in [-0.15, -0.1) is 0 Å². The van der Waals surface area contributed by atoms with Crippen LogP contribution in [0.3, 0.4) is 0 Å². The van der Waals surface area contributed by atoms with Crippen molar-refractivity contribution in [1.82, 2.24) is 5.32 Å². The number of nitrogens with two attached hydrogens (primary N) is 1. The number of ether oxygens (including phenoxy) is 2. The van der Waals surface area contributed by atoms with Gasteiger partial charge < -0.3 is 20.5 Å². The van der Waals surface area contributed by atoms with Crippen LogP contribution in [0.15, 0.2) is 46.8 Å². The van der Waals surface area contributed by atoms with Crippen LogP contribution in [0.5, 0.6) is 0 Å². The van der Waals surface area contributed by atoms with Crippen LogP contribution in [0.25, 0.3) is 0 Å². The minimum Gasteiger partial charge on any atom is -0.463 e. The number of allylic oxidation sites excluding steroid dienone is 2. The number of esters is 1. The van der Waals surface area contributed by atoms with E-state index in [9.17, 15) is 22.8 Å². The van der Waals surface area contributed by atoms with Crippen molar-refractivity contribution >= 4 is 11.8 Å². The first-order valence-corrected chi connectivity index (χ1v) is 10.9. The maximum absolute atomic E-state index is 13.5. The van der Waals surface area contributed by atoms with Gasteiger partial charge in [-0.05, 0) is 30.4 Å². The molecule has 1 atom stereocenters. The van der Waals surface area contributed by atoms with E-state index in [1.165, 1.54) is 12.1 Å². The molecule has 0 radical (unpaired) electrons. The van der Waals surface area contributed by atoms with Crippen molar-refractivity contribution in [1.29, 1.82) is 0 Å². The molecule has 1 aromatic carbocycles. The van der Waals surface area contributed by atoms with E-state index in [0.29, 0.717) is 23.4 Å². The van der Waals surface area contributed by atoms with Gasteiger partial charge >= 0.3 is 12.1 Å². The molecule has 180 valence electrons. The maximum Gasteiger partial charge on any atom is 0.416 e. The largest absolute Gasteiger partial charge is 0.463 e. The van der Waals surface area contributed by atoms with Gasteiger partial charge in [0, 0.05) is 30.2 Å². The number of benzene rings is 1. The molecule has 3 rings (SSSR count). The molecular formula is C24H29F3N2O4. The summed E-state index contributed by atoms with van der Waals surface area (Å²) in [7, 11) is 0. The fraction of sp³-hybridized carbons (Fsp3) is 0.500. The molecule has 0 saturated heterocycles. The van der Waals surface area contributed by atoms with Gasteiger partial charge in [-0.1, -0.05) is 32.0 Å². The van der Waals surface area contributed by atoms with Crippen molar-refractivity contribution in [3.63, 3.8) is 0 Å². The zero-order valence-corrected chi connectivity index (χ0v) is 19.0. The monoisotopic (exact) mass is 466 g/mol. The number of carbonyl (C=O) groups excluding carboxylic acids is 2. The Morgan fingerprint density at radius 3 is 2.64 bits per heavy atom. The first-order chi connectivity index (χ1) is 15.5. The van der Waals surface area contributed by atoms with Crippen molar-refractivity contribution in [2.45, 2.75) is 45.7 Å². The SMILES string of the molecule is CCOC(=O)C1=C(COCCN)NC2=C(C(=O)CC(C)(C)C2)C1c1cccc(C(F)(F)F)c1. The van der Waals surface area contributed by atoms with Crippen molar-refractivity contribution in [2.24, 2.45) is 11.1 Å². The van der Waals surface area contributed by atoms with E-state index in [2.05, 4.69) is 5.32 Å². The third kappa shape index (κ3) is 5.47. The molecule has 3 N–H and O–H groups in total. The highest BCUT2D eigenvalue weighted by Gasteiger charge is 2.44. The molecular weight excluding hydrogens is 437 g/mol. The third-order valence-electron chi connectivity index (χ3n) is 5.68. The van der Waals surface area contributed by atoms with E-state index in [4.69, 9.17) is 15.2 Å². The van der Waals surface area contributed by atoms with Gasteiger partial charge in [0.15, 0.2) is 5.78 Å². The molecule has 6 nitrogen and oxygen atoms in total. The number of nitrogens with one attached hydrogen (secondary N) is 1. The molecule has 33 heavy (non-hydrogen) atoms. The molecule has 0 amide bonds. The number of halogens is 3. The lowest BCUT2D eigenvalue weighted by Gasteiger charge is -2.40. The normalized spacial score (nSPS) is 20.5. The summed E-state index contributed by atoms with van der Waals surface area (Å²) >= 11 is 0. The van der Waals surface area contributed by atoms with Gasteiger partial charge in [0.2, 0.25) is 0 Å². The number of dihydropyridines is 1. The smallest absolute Gasteiger partial charge is 0.416 e. The fourth-order valence-electron chi connectivity index (χ4n) is 4.40. The van der Waals surface area contributed by atoms with Crippen LogP contribution in [0.2, 0.25) is 0 Å². The standard InChI is InChI=1S/C24H29F3N2O4/c1-4-33-22(31)21-17(13-32-9-8-28)29-16-11-23(2,3)12-18(30)20(16)19(21)14-6-5-7-15(10-14)24(25,26)27/h5-7,10,19,29H,4,8-9,11-13,28H2,1-3H3. The Balaban J connectivity index is 2.22. The lowest BCUT2D eigenvalue weighted by Crippen LogP contribution is -2.40. The molecule has 0 spiro atoms. The van der Waals surface area contributed by atoms with Crippen molar-refractivity contribution in [3.8, 4) is 0 Å². The van der Waals surface area contributed by atoms with Crippen LogP contribution in [-0.2, 0) is 25.2 Å².